The zero-order chi connectivity index (χ0) is 12.2. The molecule has 1 rings (SSSR count). The Hall–Kier alpha value is -1.69. The van der Waals surface area contributed by atoms with Gasteiger partial charge in [-0.3, -0.25) is 0 Å². The summed E-state index contributed by atoms with van der Waals surface area (Å²) in [5.41, 5.74) is 8.23. The van der Waals surface area contributed by atoms with Crippen molar-refractivity contribution in [1.82, 2.24) is 0 Å². The van der Waals surface area contributed by atoms with E-state index in [0.717, 1.165) is 18.7 Å². The molecule has 3 N–H and O–H groups in total. The lowest BCUT2D eigenvalue weighted by Crippen LogP contribution is -2.22. The summed E-state index contributed by atoms with van der Waals surface area (Å²) in [6, 6.07) is 7.40. The normalized spacial score (nSPS) is 10.9. The van der Waals surface area contributed by atoms with E-state index in [9.17, 15) is 0 Å². The van der Waals surface area contributed by atoms with E-state index in [2.05, 4.69) is 32.2 Å². The third-order valence-corrected chi connectivity index (χ3v) is 2.90. The fraction of sp³-hybridized carbons (Fsp3) is 0.462. The zero-order valence-corrected chi connectivity index (χ0v) is 10.2. The number of nitrogens with two attached hydrogens (primary N) is 1. The minimum Gasteiger partial charge on any atom is -0.397 e. The zero-order valence-electron chi connectivity index (χ0n) is 10.2. The third-order valence-electron chi connectivity index (χ3n) is 2.90. The largest absolute Gasteiger partial charge is 0.397 e. The molecule has 3 heteroatoms. The molecule has 0 heterocycles. The van der Waals surface area contributed by atoms with Crippen LogP contribution >= 0.6 is 0 Å². The van der Waals surface area contributed by atoms with Crippen LogP contribution in [-0.2, 0) is 0 Å². The van der Waals surface area contributed by atoms with Crippen LogP contribution in [0.5, 0.6) is 0 Å². The molecule has 0 spiro atoms. The number of hydrogen-bond donors (Lipinski definition) is 2. The van der Waals surface area contributed by atoms with Crippen LogP contribution in [0.4, 0.5) is 11.4 Å². The van der Waals surface area contributed by atoms with Gasteiger partial charge in [0, 0.05) is 6.54 Å². The molecule has 0 saturated heterocycles. The molecule has 1 aromatic rings. The molecule has 0 radical (unpaired) electrons. The predicted octanol–water partition coefficient (Wildman–Crippen LogP) is 2.99. The number of hydrogen-bond acceptors (Lipinski definition) is 3. The van der Waals surface area contributed by atoms with E-state index in [4.69, 9.17) is 11.0 Å². The highest BCUT2D eigenvalue weighted by molar-refractivity contribution is 5.68. The second-order valence-corrected chi connectivity index (χ2v) is 4.79. The van der Waals surface area contributed by atoms with Gasteiger partial charge in [0.05, 0.1) is 23.0 Å². The summed E-state index contributed by atoms with van der Waals surface area (Å²) in [5, 5.41) is 12.0. The Morgan fingerprint density at radius 2 is 2.12 bits per heavy atom. The van der Waals surface area contributed by atoms with Gasteiger partial charge >= 0.3 is 0 Å². The molecule has 0 aliphatic carbocycles. The fourth-order valence-electron chi connectivity index (χ4n) is 1.25. The SMILES string of the molecule is CCC(C)(C)CNc1ccc(C#N)cc1N. The molecule has 86 valence electrons. The second kappa shape index (κ2) is 4.89. The summed E-state index contributed by atoms with van der Waals surface area (Å²) in [7, 11) is 0. The number of nitrogens with zero attached hydrogens (tertiary/aromatic N) is 1. The summed E-state index contributed by atoms with van der Waals surface area (Å²) in [6.07, 6.45) is 1.11. The van der Waals surface area contributed by atoms with Crippen LogP contribution in [-0.4, -0.2) is 6.54 Å². The van der Waals surface area contributed by atoms with E-state index in [1.54, 1.807) is 12.1 Å². The molecule has 1 aromatic carbocycles. The van der Waals surface area contributed by atoms with E-state index >= 15 is 0 Å². The van der Waals surface area contributed by atoms with Crippen LogP contribution in [0.15, 0.2) is 18.2 Å². The monoisotopic (exact) mass is 217 g/mol. The van der Waals surface area contributed by atoms with Gasteiger partial charge in [-0.1, -0.05) is 20.8 Å². The van der Waals surface area contributed by atoms with Crippen molar-refractivity contribution in [3.8, 4) is 6.07 Å². The smallest absolute Gasteiger partial charge is 0.0992 e. The van der Waals surface area contributed by atoms with Gasteiger partial charge in [-0.05, 0) is 30.0 Å². The first-order chi connectivity index (χ1) is 7.48. The van der Waals surface area contributed by atoms with Crippen LogP contribution in [0.3, 0.4) is 0 Å². The lowest BCUT2D eigenvalue weighted by Gasteiger charge is -2.24. The van der Waals surface area contributed by atoms with Crippen molar-refractivity contribution in [2.45, 2.75) is 27.2 Å². The number of nitrogens with one attached hydrogen (secondary N) is 1. The number of benzene rings is 1. The van der Waals surface area contributed by atoms with Gasteiger partial charge in [0.1, 0.15) is 0 Å². The van der Waals surface area contributed by atoms with Crippen LogP contribution in [0.1, 0.15) is 32.8 Å². The Kier molecular flexibility index (Phi) is 3.78. The average molecular weight is 217 g/mol. The summed E-state index contributed by atoms with van der Waals surface area (Å²) in [4.78, 5) is 0. The Morgan fingerprint density at radius 1 is 1.44 bits per heavy atom. The van der Waals surface area contributed by atoms with E-state index in [1.807, 2.05) is 6.07 Å². The highest BCUT2D eigenvalue weighted by Gasteiger charge is 2.14. The highest BCUT2D eigenvalue weighted by atomic mass is 14.9. The Bertz CT molecular complexity index is 402. The lowest BCUT2D eigenvalue weighted by atomic mass is 9.90. The first-order valence-electron chi connectivity index (χ1n) is 5.52. The van der Waals surface area contributed by atoms with Gasteiger partial charge < -0.3 is 11.1 Å². The summed E-state index contributed by atoms with van der Waals surface area (Å²) < 4.78 is 0. The topological polar surface area (TPSA) is 61.8 Å². The Balaban J connectivity index is 2.73. The maximum Gasteiger partial charge on any atom is 0.0992 e. The van der Waals surface area contributed by atoms with Crippen molar-refractivity contribution in [2.75, 3.05) is 17.6 Å². The Labute approximate surface area is 97.3 Å². The summed E-state index contributed by atoms with van der Waals surface area (Å²) in [5.74, 6) is 0. The summed E-state index contributed by atoms with van der Waals surface area (Å²) in [6.45, 7) is 7.46. The van der Waals surface area contributed by atoms with E-state index < -0.39 is 0 Å². The molecule has 0 saturated carbocycles. The van der Waals surface area contributed by atoms with Crippen LogP contribution in [0, 0.1) is 16.7 Å². The molecule has 0 unspecified atom stereocenters. The maximum absolute atomic E-state index is 8.72. The van der Waals surface area contributed by atoms with Crippen molar-refractivity contribution in [3.63, 3.8) is 0 Å². The van der Waals surface area contributed by atoms with Crippen molar-refractivity contribution in [2.24, 2.45) is 5.41 Å². The lowest BCUT2D eigenvalue weighted by molar-refractivity contribution is 0.377. The first kappa shape index (κ1) is 12.4. The van der Waals surface area contributed by atoms with E-state index in [1.165, 1.54) is 0 Å². The van der Waals surface area contributed by atoms with Crippen molar-refractivity contribution in [3.05, 3.63) is 23.8 Å². The molecule has 0 fully saturated rings. The molecule has 0 amide bonds. The molecule has 0 aliphatic heterocycles. The average Bonchev–Trinajstić information content (AvgIpc) is 2.27. The fourth-order valence-corrected chi connectivity index (χ4v) is 1.25. The standard InChI is InChI=1S/C13H19N3/c1-4-13(2,3)9-16-12-6-5-10(8-14)7-11(12)15/h5-7,16H,4,9,15H2,1-3H3. The van der Waals surface area contributed by atoms with Crippen molar-refractivity contribution < 1.29 is 0 Å². The molecule has 3 nitrogen and oxygen atoms in total. The van der Waals surface area contributed by atoms with Gasteiger partial charge in [-0.2, -0.15) is 5.26 Å². The number of anilines is 2. The maximum atomic E-state index is 8.72. The predicted molar refractivity (Wildman–Crippen MR) is 68.1 cm³/mol. The van der Waals surface area contributed by atoms with Gasteiger partial charge in [0.25, 0.3) is 0 Å². The number of nitrogen functional groups attached to an aromatic ring is 1. The van der Waals surface area contributed by atoms with Gasteiger partial charge in [0.2, 0.25) is 0 Å². The molecular formula is C13H19N3. The van der Waals surface area contributed by atoms with Gasteiger partial charge in [-0.15, -0.1) is 0 Å². The van der Waals surface area contributed by atoms with E-state index in [-0.39, 0.29) is 5.41 Å². The highest BCUT2D eigenvalue weighted by Crippen LogP contribution is 2.24. The Morgan fingerprint density at radius 3 is 2.62 bits per heavy atom. The van der Waals surface area contributed by atoms with Gasteiger partial charge in [0.15, 0.2) is 0 Å². The molecule has 0 bridgehead atoms. The number of nitriles is 1. The van der Waals surface area contributed by atoms with Crippen molar-refractivity contribution >= 4 is 11.4 Å². The minimum absolute atomic E-state index is 0.250. The van der Waals surface area contributed by atoms with E-state index in [0.29, 0.717) is 11.3 Å². The molecular weight excluding hydrogens is 198 g/mol. The molecule has 0 aliphatic rings. The third kappa shape index (κ3) is 3.16. The quantitative estimate of drug-likeness (QED) is 0.762. The second-order valence-electron chi connectivity index (χ2n) is 4.79. The van der Waals surface area contributed by atoms with Gasteiger partial charge in [-0.25, -0.2) is 0 Å². The first-order valence-corrected chi connectivity index (χ1v) is 5.52. The van der Waals surface area contributed by atoms with Crippen LogP contribution in [0.2, 0.25) is 0 Å². The summed E-state index contributed by atoms with van der Waals surface area (Å²) >= 11 is 0. The molecule has 16 heavy (non-hydrogen) atoms. The van der Waals surface area contributed by atoms with Crippen LogP contribution in [0.25, 0.3) is 0 Å². The molecule has 0 aromatic heterocycles. The van der Waals surface area contributed by atoms with Crippen LogP contribution < -0.4 is 11.1 Å². The molecule has 0 atom stereocenters. The minimum atomic E-state index is 0.250. The number of rotatable bonds is 4. The van der Waals surface area contributed by atoms with Crippen molar-refractivity contribution in [1.29, 1.82) is 5.26 Å².